The number of pyridine rings is 1. The highest BCUT2D eigenvalue weighted by molar-refractivity contribution is 7.14. The van der Waals surface area contributed by atoms with E-state index in [0.29, 0.717) is 34.2 Å². The molecule has 2 heterocycles. The second-order valence-corrected chi connectivity index (χ2v) is 10.4. The van der Waals surface area contributed by atoms with Gasteiger partial charge >= 0.3 is 0 Å². The smallest absolute Gasteiger partial charge is 0.257 e. The van der Waals surface area contributed by atoms with Crippen molar-refractivity contribution in [2.24, 2.45) is 5.41 Å². The summed E-state index contributed by atoms with van der Waals surface area (Å²) in [7, 11) is 0. The van der Waals surface area contributed by atoms with Crippen molar-refractivity contribution < 1.29 is 9.59 Å². The van der Waals surface area contributed by atoms with E-state index in [1.807, 2.05) is 52.0 Å². The van der Waals surface area contributed by atoms with Gasteiger partial charge in [0.05, 0.1) is 21.0 Å². The number of carbonyl (C=O) groups excluding carboxylic acids is 2. The number of hydrogen-bond acceptors (Lipinski definition) is 6. The number of halogens is 1. The lowest BCUT2D eigenvalue weighted by atomic mass is 9.95. The van der Waals surface area contributed by atoms with Gasteiger partial charge in [-0.25, -0.2) is 0 Å². The lowest BCUT2D eigenvalue weighted by Gasteiger charge is -2.18. The van der Waals surface area contributed by atoms with Crippen molar-refractivity contribution in [3.05, 3.63) is 76.4 Å². The second kappa shape index (κ2) is 10.0. The van der Waals surface area contributed by atoms with Gasteiger partial charge in [0.1, 0.15) is 5.52 Å². The maximum atomic E-state index is 13.1. The molecule has 9 heteroatoms. The molecule has 0 spiro atoms. The molecule has 4 aromatic rings. The van der Waals surface area contributed by atoms with E-state index < -0.39 is 5.41 Å². The van der Waals surface area contributed by atoms with Crippen molar-refractivity contribution in [1.82, 2.24) is 14.7 Å². The normalized spacial score (nSPS) is 11.3. The van der Waals surface area contributed by atoms with E-state index in [1.54, 1.807) is 30.5 Å². The van der Waals surface area contributed by atoms with Gasteiger partial charge in [0, 0.05) is 23.8 Å². The zero-order valence-electron chi connectivity index (χ0n) is 19.9. The average Bonchev–Trinajstić information content (AvgIpc) is 3.23. The summed E-state index contributed by atoms with van der Waals surface area (Å²) < 4.78 is 5.25. The van der Waals surface area contributed by atoms with Crippen molar-refractivity contribution in [2.75, 3.05) is 10.6 Å². The SMILES string of the molecule is Cc1ccc(Nc2nsc3c(NC(=O)c4cc(CNC(=O)C(C)(C)C)ccc4Cl)ccnc23)cc1. The van der Waals surface area contributed by atoms with Crippen LogP contribution in [0.2, 0.25) is 5.02 Å². The van der Waals surface area contributed by atoms with E-state index in [9.17, 15) is 9.59 Å². The van der Waals surface area contributed by atoms with Gasteiger partial charge < -0.3 is 16.0 Å². The van der Waals surface area contributed by atoms with Gasteiger partial charge in [0.2, 0.25) is 5.91 Å². The van der Waals surface area contributed by atoms with E-state index in [0.717, 1.165) is 16.0 Å². The number of rotatable bonds is 6. The molecule has 0 unspecified atom stereocenters. The highest BCUT2D eigenvalue weighted by Crippen LogP contribution is 2.33. The molecule has 0 atom stereocenters. The van der Waals surface area contributed by atoms with E-state index in [-0.39, 0.29) is 11.8 Å². The maximum Gasteiger partial charge on any atom is 0.257 e. The van der Waals surface area contributed by atoms with Gasteiger partial charge in [-0.05, 0) is 54.4 Å². The van der Waals surface area contributed by atoms with Crippen molar-refractivity contribution in [3.8, 4) is 0 Å². The Morgan fingerprint density at radius 2 is 1.80 bits per heavy atom. The molecule has 2 amide bonds. The van der Waals surface area contributed by atoms with E-state index >= 15 is 0 Å². The molecule has 35 heavy (non-hydrogen) atoms. The number of amides is 2. The highest BCUT2D eigenvalue weighted by atomic mass is 35.5. The van der Waals surface area contributed by atoms with Gasteiger partial charge in [-0.3, -0.25) is 14.6 Å². The van der Waals surface area contributed by atoms with Crippen LogP contribution in [0, 0.1) is 12.3 Å². The first-order valence-corrected chi connectivity index (χ1v) is 12.2. The molecule has 0 aliphatic carbocycles. The second-order valence-electron chi connectivity index (χ2n) is 9.26. The average molecular weight is 508 g/mol. The Balaban J connectivity index is 1.53. The minimum Gasteiger partial charge on any atom is -0.352 e. The van der Waals surface area contributed by atoms with Crippen LogP contribution in [0.4, 0.5) is 17.2 Å². The topological polar surface area (TPSA) is 96.0 Å². The highest BCUT2D eigenvalue weighted by Gasteiger charge is 2.21. The molecular weight excluding hydrogens is 482 g/mol. The molecule has 0 bridgehead atoms. The van der Waals surface area contributed by atoms with E-state index in [4.69, 9.17) is 11.6 Å². The molecule has 7 nitrogen and oxygen atoms in total. The molecule has 2 aromatic carbocycles. The van der Waals surface area contributed by atoms with Gasteiger partial charge in [0.15, 0.2) is 5.82 Å². The summed E-state index contributed by atoms with van der Waals surface area (Å²) in [5, 5.41) is 9.43. The number of hydrogen-bond donors (Lipinski definition) is 3. The molecule has 0 fully saturated rings. The zero-order chi connectivity index (χ0) is 25.2. The molecular formula is C26H26ClN5O2S. The first-order valence-electron chi connectivity index (χ1n) is 11.1. The quantitative estimate of drug-likeness (QED) is 0.284. The Hall–Kier alpha value is -3.49. The lowest BCUT2D eigenvalue weighted by Crippen LogP contribution is -2.34. The third-order valence-corrected chi connectivity index (χ3v) is 6.53. The van der Waals surface area contributed by atoms with Crippen molar-refractivity contribution >= 4 is 62.4 Å². The summed E-state index contributed by atoms with van der Waals surface area (Å²) in [6.07, 6.45) is 1.63. The molecule has 0 aliphatic heterocycles. The number of fused-ring (bicyclic) bond motifs is 1. The minimum atomic E-state index is -0.499. The summed E-state index contributed by atoms with van der Waals surface area (Å²) in [6, 6.07) is 14.9. The first kappa shape index (κ1) is 24.6. The predicted octanol–water partition coefficient (Wildman–Crippen LogP) is 6.31. The Bertz CT molecular complexity index is 1390. The van der Waals surface area contributed by atoms with Gasteiger partial charge in [0.25, 0.3) is 5.91 Å². The lowest BCUT2D eigenvalue weighted by molar-refractivity contribution is -0.128. The molecule has 180 valence electrons. The molecule has 0 saturated heterocycles. The number of anilines is 3. The van der Waals surface area contributed by atoms with Crippen LogP contribution in [0.3, 0.4) is 0 Å². The largest absolute Gasteiger partial charge is 0.352 e. The third-order valence-electron chi connectivity index (χ3n) is 5.33. The van der Waals surface area contributed by atoms with Crippen LogP contribution in [0.1, 0.15) is 42.3 Å². The standard InChI is InChI=1S/C26H26ClN5O2S/c1-15-5-8-17(9-6-15)30-23-21-22(35-32-23)20(11-12-28-21)31-24(33)18-13-16(7-10-19(18)27)14-29-25(34)26(2,3)4/h5-13H,14H2,1-4H3,(H,29,34)(H,30,32)(H,28,31,33). The minimum absolute atomic E-state index is 0.0714. The van der Waals surface area contributed by atoms with Crippen LogP contribution < -0.4 is 16.0 Å². The number of aryl methyl sites for hydroxylation is 1. The Morgan fingerprint density at radius 1 is 1.06 bits per heavy atom. The van der Waals surface area contributed by atoms with Gasteiger partial charge in [-0.15, -0.1) is 0 Å². The van der Waals surface area contributed by atoms with Gasteiger partial charge in [-0.1, -0.05) is 56.1 Å². The molecule has 0 radical (unpaired) electrons. The Morgan fingerprint density at radius 3 is 2.51 bits per heavy atom. The summed E-state index contributed by atoms with van der Waals surface area (Å²) in [5.74, 6) is 0.199. The number of aromatic nitrogens is 2. The molecule has 2 aromatic heterocycles. The van der Waals surface area contributed by atoms with Crippen LogP contribution in [-0.4, -0.2) is 21.2 Å². The number of nitrogens with zero attached hydrogens (tertiary/aromatic N) is 2. The van der Waals surface area contributed by atoms with Crippen LogP contribution in [-0.2, 0) is 11.3 Å². The predicted molar refractivity (Wildman–Crippen MR) is 143 cm³/mol. The molecule has 0 aliphatic rings. The summed E-state index contributed by atoms with van der Waals surface area (Å²) in [5.41, 5.74) is 3.93. The van der Waals surface area contributed by atoms with Crippen LogP contribution >= 0.6 is 23.1 Å². The monoisotopic (exact) mass is 507 g/mol. The summed E-state index contributed by atoms with van der Waals surface area (Å²) >= 11 is 7.59. The number of benzene rings is 2. The summed E-state index contributed by atoms with van der Waals surface area (Å²) in [4.78, 5) is 29.8. The fourth-order valence-corrected chi connectivity index (χ4v) is 4.26. The van der Waals surface area contributed by atoms with E-state index in [2.05, 4.69) is 25.3 Å². The van der Waals surface area contributed by atoms with Crippen LogP contribution in [0.25, 0.3) is 10.2 Å². The maximum absolute atomic E-state index is 13.1. The van der Waals surface area contributed by atoms with Crippen molar-refractivity contribution in [1.29, 1.82) is 0 Å². The Labute approximate surface area is 213 Å². The fourth-order valence-electron chi connectivity index (χ4n) is 3.29. The number of carbonyl (C=O) groups is 2. The molecule has 4 rings (SSSR count). The van der Waals surface area contributed by atoms with Crippen molar-refractivity contribution in [3.63, 3.8) is 0 Å². The zero-order valence-corrected chi connectivity index (χ0v) is 21.5. The van der Waals surface area contributed by atoms with Gasteiger partial charge in [-0.2, -0.15) is 4.37 Å². The summed E-state index contributed by atoms with van der Waals surface area (Å²) in [6.45, 7) is 7.87. The van der Waals surface area contributed by atoms with Crippen molar-refractivity contribution in [2.45, 2.75) is 34.2 Å². The molecule has 0 saturated carbocycles. The fraction of sp³-hybridized carbons (Fsp3) is 0.231. The van der Waals surface area contributed by atoms with Crippen LogP contribution in [0.5, 0.6) is 0 Å². The first-order chi connectivity index (χ1) is 16.6. The number of nitrogens with one attached hydrogen (secondary N) is 3. The molecule has 3 N–H and O–H groups in total. The third kappa shape index (κ3) is 5.78. The van der Waals surface area contributed by atoms with E-state index in [1.165, 1.54) is 17.1 Å². The Kier molecular flexibility index (Phi) is 7.05. The van der Waals surface area contributed by atoms with Crippen LogP contribution in [0.15, 0.2) is 54.7 Å².